The summed E-state index contributed by atoms with van der Waals surface area (Å²) in [6, 6.07) is 5.34. The molecule has 0 saturated carbocycles. The molecule has 6 heteroatoms. The van der Waals surface area contributed by atoms with Crippen LogP contribution in [0.4, 0.5) is 0 Å². The van der Waals surface area contributed by atoms with Gasteiger partial charge in [-0.05, 0) is 12.1 Å². The fourth-order valence-corrected chi connectivity index (χ4v) is 2.28. The zero-order valence-corrected chi connectivity index (χ0v) is 14.0. The van der Waals surface area contributed by atoms with Gasteiger partial charge >= 0.3 is 0 Å². The molecule has 0 spiro atoms. The molecule has 124 valence electrons. The van der Waals surface area contributed by atoms with Crippen molar-refractivity contribution < 1.29 is 19.0 Å². The maximum Gasteiger partial charge on any atom is 0.166 e. The fourth-order valence-electron chi connectivity index (χ4n) is 2.28. The molecule has 0 bridgehead atoms. The number of halogens is 1. The SMILES string of the molecule is CCC(=O)c1ccc(OC)cc1OCCN1CCOCC1.Cl. The second-order valence-corrected chi connectivity index (χ2v) is 4.94. The van der Waals surface area contributed by atoms with E-state index in [1.807, 2.05) is 6.92 Å². The molecule has 1 aromatic rings. The highest BCUT2D eigenvalue weighted by Gasteiger charge is 2.14. The summed E-state index contributed by atoms with van der Waals surface area (Å²) in [6.45, 7) is 6.66. The maximum absolute atomic E-state index is 12.0. The minimum absolute atomic E-state index is 0. The number of hydrogen-bond acceptors (Lipinski definition) is 5. The molecule has 1 aliphatic heterocycles. The number of ether oxygens (including phenoxy) is 3. The third kappa shape index (κ3) is 5.16. The lowest BCUT2D eigenvalue weighted by Crippen LogP contribution is -2.38. The summed E-state index contributed by atoms with van der Waals surface area (Å²) in [5.74, 6) is 1.39. The number of methoxy groups -OCH3 is 1. The molecule has 5 nitrogen and oxygen atoms in total. The summed E-state index contributed by atoms with van der Waals surface area (Å²) in [6.07, 6.45) is 0.464. The molecule has 0 amide bonds. The van der Waals surface area contributed by atoms with E-state index in [1.165, 1.54) is 0 Å². The number of Topliss-reactive ketones (excluding diaryl/α,β-unsaturated/α-hetero) is 1. The Labute approximate surface area is 137 Å². The van der Waals surface area contributed by atoms with Gasteiger partial charge in [-0.15, -0.1) is 12.4 Å². The van der Waals surface area contributed by atoms with Gasteiger partial charge in [-0.1, -0.05) is 6.92 Å². The van der Waals surface area contributed by atoms with Crippen molar-refractivity contribution in [1.82, 2.24) is 4.90 Å². The van der Waals surface area contributed by atoms with Crippen LogP contribution in [0, 0.1) is 0 Å². The summed E-state index contributed by atoms with van der Waals surface area (Å²) >= 11 is 0. The second-order valence-electron chi connectivity index (χ2n) is 4.94. The lowest BCUT2D eigenvalue weighted by molar-refractivity contribution is 0.0322. The zero-order valence-electron chi connectivity index (χ0n) is 13.2. The number of nitrogens with zero attached hydrogens (tertiary/aromatic N) is 1. The topological polar surface area (TPSA) is 48.0 Å². The van der Waals surface area contributed by atoms with Crippen LogP contribution in [0.15, 0.2) is 18.2 Å². The molecule has 0 atom stereocenters. The largest absolute Gasteiger partial charge is 0.497 e. The van der Waals surface area contributed by atoms with Crippen molar-refractivity contribution in [3.8, 4) is 11.5 Å². The lowest BCUT2D eigenvalue weighted by atomic mass is 10.1. The van der Waals surface area contributed by atoms with Gasteiger partial charge in [0.15, 0.2) is 5.78 Å². The van der Waals surface area contributed by atoms with E-state index in [9.17, 15) is 4.79 Å². The van der Waals surface area contributed by atoms with Gasteiger partial charge in [0.25, 0.3) is 0 Å². The van der Waals surface area contributed by atoms with Crippen molar-refractivity contribution in [3.63, 3.8) is 0 Å². The standard InChI is InChI=1S/C16H23NO4.ClH/c1-3-15(18)14-5-4-13(19-2)12-16(14)21-11-8-17-6-9-20-10-7-17;/h4-5,12H,3,6-11H2,1-2H3;1H. The molecule has 1 fully saturated rings. The van der Waals surface area contributed by atoms with Gasteiger partial charge in [0, 0.05) is 32.1 Å². The Morgan fingerprint density at radius 1 is 1.32 bits per heavy atom. The summed E-state index contributed by atoms with van der Waals surface area (Å²) < 4.78 is 16.3. The third-order valence-corrected chi connectivity index (χ3v) is 3.58. The summed E-state index contributed by atoms with van der Waals surface area (Å²) in [7, 11) is 1.61. The van der Waals surface area contributed by atoms with Crippen molar-refractivity contribution in [2.45, 2.75) is 13.3 Å². The molecule has 1 aliphatic rings. The zero-order chi connectivity index (χ0) is 15.1. The minimum Gasteiger partial charge on any atom is -0.497 e. The van der Waals surface area contributed by atoms with E-state index in [2.05, 4.69) is 4.90 Å². The number of carbonyl (C=O) groups excluding carboxylic acids is 1. The van der Waals surface area contributed by atoms with Gasteiger partial charge in [-0.25, -0.2) is 0 Å². The number of morpholine rings is 1. The highest BCUT2D eigenvalue weighted by Crippen LogP contribution is 2.26. The van der Waals surface area contributed by atoms with Crippen LogP contribution in [0.1, 0.15) is 23.7 Å². The number of hydrogen-bond donors (Lipinski definition) is 0. The molecule has 1 heterocycles. The van der Waals surface area contributed by atoms with Crippen molar-refractivity contribution in [2.24, 2.45) is 0 Å². The Hall–Kier alpha value is -1.30. The van der Waals surface area contributed by atoms with Crippen LogP contribution in [0.2, 0.25) is 0 Å². The normalized spacial score (nSPS) is 15.0. The number of ketones is 1. The van der Waals surface area contributed by atoms with E-state index >= 15 is 0 Å². The van der Waals surface area contributed by atoms with Crippen molar-refractivity contribution >= 4 is 18.2 Å². The predicted octanol–water partition coefficient (Wildman–Crippen LogP) is 2.42. The first-order valence-corrected chi connectivity index (χ1v) is 7.38. The van der Waals surface area contributed by atoms with Crippen LogP contribution >= 0.6 is 12.4 Å². The molecule has 22 heavy (non-hydrogen) atoms. The third-order valence-electron chi connectivity index (χ3n) is 3.58. The van der Waals surface area contributed by atoms with Gasteiger partial charge in [-0.2, -0.15) is 0 Å². The predicted molar refractivity (Wildman–Crippen MR) is 87.6 cm³/mol. The molecular formula is C16H24ClNO4. The lowest BCUT2D eigenvalue weighted by Gasteiger charge is -2.26. The van der Waals surface area contributed by atoms with Gasteiger partial charge in [0.1, 0.15) is 18.1 Å². The van der Waals surface area contributed by atoms with E-state index in [4.69, 9.17) is 14.2 Å². The molecule has 0 unspecified atom stereocenters. The van der Waals surface area contributed by atoms with Gasteiger partial charge in [0.2, 0.25) is 0 Å². The van der Waals surface area contributed by atoms with Crippen LogP contribution in [-0.2, 0) is 4.74 Å². The van der Waals surface area contributed by atoms with Crippen molar-refractivity contribution in [1.29, 1.82) is 0 Å². The summed E-state index contributed by atoms with van der Waals surface area (Å²) in [5.41, 5.74) is 0.625. The highest BCUT2D eigenvalue weighted by molar-refractivity contribution is 5.98. The smallest absolute Gasteiger partial charge is 0.166 e. The Balaban J connectivity index is 0.00000242. The first-order chi connectivity index (χ1) is 10.2. The van der Waals surface area contributed by atoms with E-state index in [-0.39, 0.29) is 18.2 Å². The average molecular weight is 330 g/mol. The van der Waals surface area contributed by atoms with Gasteiger partial charge in [0.05, 0.1) is 25.9 Å². The molecule has 0 radical (unpaired) electrons. The van der Waals surface area contributed by atoms with Crippen LogP contribution in [0.25, 0.3) is 0 Å². The Morgan fingerprint density at radius 2 is 2.05 bits per heavy atom. The number of rotatable bonds is 7. The number of carbonyl (C=O) groups is 1. The van der Waals surface area contributed by atoms with Crippen LogP contribution in [0.3, 0.4) is 0 Å². The highest BCUT2D eigenvalue weighted by atomic mass is 35.5. The molecule has 2 rings (SSSR count). The fraction of sp³-hybridized carbons (Fsp3) is 0.562. The van der Waals surface area contributed by atoms with Gasteiger partial charge < -0.3 is 14.2 Å². The van der Waals surface area contributed by atoms with E-state index < -0.39 is 0 Å². The summed E-state index contributed by atoms with van der Waals surface area (Å²) in [5, 5.41) is 0. The molecule has 1 aromatic carbocycles. The first kappa shape index (κ1) is 18.7. The molecular weight excluding hydrogens is 306 g/mol. The molecule has 0 N–H and O–H groups in total. The Bertz CT molecular complexity index is 475. The Morgan fingerprint density at radius 3 is 2.68 bits per heavy atom. The van der Waals surface area contributed by atoms with Crippen molar-refractivity contribution in [3.05, 3.63) is 23.8 Å². The van der Waals surface area contributed by atoms with Crippen molar-refractivity contribution in [2.75, 3.05) is 46.6 Å². The van der Waals surface area contributed by atoms with Crippen LogP contribution < -0.4 is 9.47 Å². The van der Waals surface area contributed by atoms with E-state index in [0.29, 0.717) is 30.1 Å². The average Bonchev–Trinajstić information content (AvgIpc) is 2.55. The number of benzene rings is 1. The van der Waals surface area contributed by atoms with E-state index in [1.54, 1.807) is 25.3 Å². The minimum atomic E-state index is 0. The second kappa shape index (κ2) is 9.66. The quantitative estimate of drug-likeness (QED) is 0.719. The van der Waals surface area contributed by atoms with Gasteiger partial charge in [-0.3, -0.25) is 9.69 Å². The van der Waals surface area contributed by atoms with Crippen LogP contribution in [-0.4, -0.2) is 57.2 Å². The maximum atomic E-state index is 12.0. The first-order valence-electron chi connectivity index (χ1n) is 7.38. The summed E-state index contributed by atoms with van der Waals surface area (Å²) in [4.78, 5) is 14.2. The van der Waals surface area contributed by atoms with E-state index in [0.717, 1.165) is 32.8 Å². The molecule has 1 saturated heterocycles. The molecule has 0 aromatic heterocycles. The van der Waals surface area contributed by atoms with Crippen LogP contribution in [0.5, 0.6) is 11.5 Å². The molecule has 0 aliphatic carbocycles. The Kier molecular flexibility index (Phi) is 8.24. The monoisotopic (exact) mass is 329 g/mol.